The summed E-state index contributed by atoms with van der Waals surface area (Å²) in [5.41, 5.74) is 6.78. The van der Waals surface area contributed by atoms with Gasteiger partial charge in [-0.1, -0.05) is 23.7 Å². The zero-order valence-electron chi connectivity index (χ0n) is 11.3. The smallest absolute Gasteiger partial charge is 0.236 e. The van der Waals surface area contributed by atoms with Gasteiger partial charge in [-0.2, -0.15) is 0 Å². The minimum atomic E-state index is -0.475. The number of nitrogens with one attached hydrogen (secondary N) is 1. The first-order chi connectivity index (χ1) is 8.99. The molecular formula is C14H20ClN3O. The van der Waals surface area contributed by atoms with Gasteiger partial charge in [0.25, 0.3) is 0 Å². The fourth-order valence-electron chi connectivity index (χ4n) is 2.56. The number of hydrogen-bond donors (Lipinski definition) is 2. The van der Waals surface area contributed by atoms with E-state index in [4.69, 9.17) is 17.3 Å². The second kappa shape index (κ2) is 5.90. The monoisotopic (exact) mass is 281 g/mol. The Morgan fingerprint density at radius 2 is 2.11 bits per heavy atom. The molecule has 3 N–H and O–H groups in total. The molecule has 4 nitrogen and oxygen atoms in total. The summed E-state index contributed by atoms with van der Waals surface area (Å²) < 4.78 is 0. The number of carbonyl (C=O) groups excluding carboxylic acids is 1. The van der Waals surface area contributed by atoms with Crippen LogP contribution in [0.1, 0.15) is 24.9 Å². The lowest BCUT2D eigenvalue weighted by Crippen LogP contribution is -2.45. The van der Waals surface area contributed by atoms with E-state index in [2.05, 4.69) is 17.3 Å². The molecule has 2 rings (SSSR count). The third-order valence-electron chi connectivity index (χ3n) is 3.60. The molecule has 0 bridgehead atoms. The van der Waals surface area contributed by atoms with Crippen LogP contribution < -0.4 is 11.1 Å². The first-order valence-corrected chi connectivity index (χ1v) is 6.88. The van der Waals surface area contributed by atoms with Crippen molar-refractivity contribution in [3.8, 4) is 0 Å². The summed E-state index contributed by atoms with van der Waals surface area (Å²) in [5, 5.41) is 3.76. The number of nitrogens with two attached hydrogens (primary N) is 1. The Kier molecular flexibility index (Phi) is 4.45. The van der Waals surface area contributed by atoms with Crippen molar-refractivity contribution in [3.05, 3.63) is 34.9 Å². The Hall–Kier alpha value is -1.10. The first-order valence-electron chi connectivity index (χ1n) is 6.50. The molecule has 5 heteroatoms. The standard InChI is InChI=1S/C14H20ClN3O/c1-9(16)14(19)17-12-7-8-18(2)13(12)10-3-5-11(15)6-4-10/h3-6,9,12-13H,7-8,16H2,1-2H3,(H,17,19)/t9-,12?,13?/m1/s1. The molecule has 3 atom stereocenters. The first kappa shape index (κ1) is 14.3. The predicted molar refractivity (Wildman–Crippen MR) is 77.0 cm³/mol. The highest BCUT2D eigenvalue weighted by Crippen LogP contribution is 2.31. The fraction of sp³-hybridized carbons (Fsp3) is 0.500. The topological polar surface area (TPSA) is 58.4 Å². The predicted octanol–water partition coefficient (Wildman–Crippen LogP) is 1.55. The van der Waals surface area contributed by atoms with Gasteiger partial charge in [0.1, 0.15) is 0 Å². The summed E-state index contributed by atoms with van der Waals surface area (Å²) in [7, 11) is 2.07. The Bertz CT molecular complexity index is 447. The Morgan fingerprint density at radius 1 is 1.47 bits per heavy atom. The number of benzene rings is 1. The molecule has 1 aromatic carbocycles. The average Bonchev–Trinajstić information content (AvgIpc) is 2.72. The van der Waals surface area contributed by atoms with Crippen molar-refractivity contribution >= 4 is 17.5 Å². The number of hydrogen-bond acceptors (Lipinski definition) is 3. The maximum atomic E-state index is 11.8. The highest BCUT2D eigenvalue weighted by Gasteiger charge is 2.34. The minimum Gasteiger partial charge on any atom is -0.350 e. The lowest BCUT2D eigenvalue weighted by atomic mass is 10.00. The van der Waals surface area contributed by atoms with Gasteiger partial charge in [-0.15, -0.1) is 0 Å². The summed E-state index contributed by atoms with van der Waals surface area (Å²) >= 11 is 5.92. The highest BCUT2D eigenvalue weighted by atomic mass is 35.5. The molecule has 1 aliphatic heterocycles. The van der Waals surface area contributed by atoms with E-state index < -0.39 is 6.04 Å². The molecule has 0 aromatic heterocycles. The summed E-state index contributed by atoms with van der Waals surface area (Å²) in [6.07, 6.45) is 0.933. The molecule has 1 aromatic rings. The van der Waals surface area contributed by atoms with Crippen LogP contribution in [0.15, 0.2) is 24.3 Å². The molecule has 0 spiro atoms. The number of likely N-dealkylation sites (tertiary alicyclic amines) is 1. The summed E-state index contributed by atoms with van der Waals surface area (Å²) in [6, 6.07) is 7.60. The molecule has 0 saturated carbocycles. The second-order valence-electron chi connectivity index (χ2n) is 5.17. The SMILES string of the molecule is C[C@@H](N)C(=O)NC1CCN(C)C1c1ccc(Cl)cc1. The highest BCUT2D eigenvalue weighted by molar-refractivity contribution is 6.30. The van der Waals surface area contributed by atoms with Crippen molar-refractivity contribution in [2.24, 2.45) is 5.73 Å². The van der Waals surface area contributed by atoms with Crippen molar-refractivity contribution in [1.29, 1.82) is 0 Å². The zero-order chi connectivity index (χ0) is 14.0. The molecule has 2 unspecified atom stereocenters. The fourth-order valence-corrected chi connectivity index (χ4v) is 2.68. The van der Waals surface area contributed by atoms with Gasteiger partial charge in [0.15, 0.2) is 0 Å². The molecule has 0 radical (unpaired) electrons. The maximum absolute atomic E-state index is 11.8. The molecule has 1 saturated heterocycles. The summed E-state index contributed by atoms with van der Waals surface area (Å²) in [5.74, 6) is -0.0979. The molecule has 104 valence electrons. The van der Waals surface area contributed by atoms with Gasteiger partial charge in [-0.25, -0.2) is 0 Å². The molecule has 1 heterocycles. The maximum Gasteiger partial charge on any atom is 0.236 e. The summed E-state index contributed by atoms with van der Waals surface area (Å²) in [4.78, 5) is 14.0. The Labute approximate surface area is 118 Å². The van der Waals surface area contributed by atoms with Crippen LogP contribution in [0.2, 0.25) is 5.02 Å². The summed E-state index contributed by atoms with van der Waals surface area (Å²) in [6.45, 7) is 2.66. The van der Waals surface area contributed by atoms with Crippen LogP contribution in [0.5, 0.6) is 0 Å². The van der Waals surface area contributed by atoms with E-state index in [0.717, 1.165) is 18.0 Å². The molecular weight excluding hydrogens is 262 g/mol. The van der Waals surface area contributed by atoms with Crippen LogP contribution in [0.4, 0.5) is 0 Å². The number of rotatable bonds is 3. The second-order valence-corrected chi connectivity index (χ2v) is 5.61. The Balaban J connectivity index is 2.15. The van der Waals surface area contributed by atoms with Gasteiger partial charge >= 0.3 is 0 Å². The van der Waals surface area contributed by atoms with Gasteiger partial charge in [-0.3, -0.25) is 9.69 Å². The molecule has 19 heavy (non-hydrogen) atoms. The normalized spacial score (nSPS) is 25.3. The largest absolute Gasteiger partial charge is 0.350 e. The van der Waals surface area contributed by atoms with Crippen molar-refractivity contribution < 1.29 is 4.79 Å². The van der Waals surface area contributed by atoms with Gasteiger partial charge in [0.05, 0.1) is 12.1 Å². The van der Waals surface area contributed by atoms with E-state index >= 15 is 0 Å². The third-order valence-corrected chi connectivity index (χ3v) is 3.85. The number of likely N-dealkylation sites (N-methyl/N-ethyl adjacent to an activating group) is 1. The van der Waals surface area contributed by atoms with E-state index in [1.165, 1.54) is 5.56 Å². The van der Waals surface area contributed by atoms with Gasteiger partial charge < -0.3 is 11.1 Å². The van der Waals surface area contributed by atoms with E-state index in [1.54, 1.807) is 6.92 Å². The molecule has 1 amide bonds. The molecule has 1 fully saturated rings. The van der Waals surface area contributed by atoms with Crippen LogP contribution in [0, 0.1) is 0 Å². The number of halogens is 1. The Morgan fingerprint density at radius 3 is 2.68 bits per heavy atom. The van der Waals surface area contributed by atoms with Crippen LogP contribution in [-0.4, -0.2) is 36.5 Å². The minimum absolute atomic E-state index is 0.0979. The van der Waals surface area contributed by atoms with Crippen LogP contribution in [0.3, 0.4) is 0 Å². The van der Waals surface area contributed by atoms with Crippen molar-refractivity contribution in [2.45, 2.75) is 31.5 Å². The van der Waals surface area contributed by atoms with Crippen molar-refractivity contribution in [3.63, 3.8) is 0 Å². The average molecular weight is 282 g/mol. The third kappa shape index (κ3) is 3.26. The van der Waals surface area contributed by atoms with Crippen LogP contribution >= 0.6 is 11.6 Å². The van der Waals surface area contributed by atoms with Gasteiger partial charge in [0.2, 0.25) is 5.91 Å². The van der Waals surface area contributed by atoms with Gasteiger partial charge in [0, 0.05) is 17.6 Å². The van der Waals surface area contributed by atoms with E-state index in [0.29, 0.717) is 0 Å². The van der Waals surface area contributed by atoms with E-state index in [1.807, 2.05) is 24.3 Å². The quantitative estimate of drug-likeness (QED) is 0.884. The van der Waals surface area contributed by atoms with Crippen LogP contribution in [-0.2, 0) is 4.79 Å². The van der Waals surface area contributed by atoms with Crippen molar-refractivity contribution in [2.75, 3.05) is 13.6 Å². The van der Waals surface area contributed by atoms with Crippen LogP contribution in [0.25, 0.3) is 0 Å². The zero-order valence-corrected chi connectivity index (χ0v) is 12.0. The number of carbonyl (C=O) groups is 1. The lowest BCUT2D eigenvalue weighted by molar-refractivity contribution is -0.122. The number of amides is 1. The molecule has 0 aliphatic carbocycles. The van der Waals surface area contributed by atoms with Crippen molar-refractivity contribution in [1.82, 2.24) is 10.2 Å². The van der Waals surface area contributed by atoms with Gasteiger partial charge in [-0.05, 0) is 38.1 Å². The number of nitrogens with zero attached hydrogens (tertiary/aromatic N) is 1. The lowest BCUT2D eigenvalue weighted by Gasteiger charge is -2.26. The van der Waals surface area contributed by atoms with E-state index in [9.17, 15) is 4.79 Å². The van der Waals surface area contributed by atoms with E-state index in [-0.39, 0.29) is 18.0 Å². The molecule has 1 aliphatic rings.